The zero-order valence-electron chi connectivity index (χ0n) is 13.4. The van der Waals surface area contributed by atoms with Crippen molar-refractivity contribution in [2.24, 2.45) is 11.7 Å². The summed E-state index contributed by atoms with van der Waals surface area (Å²) in [5, 5.41) is 5.21. The van der Waals surface area contributed by atoms with E-state index in [0.29, 0.717) is 6.42 Å². The molecule has 3 amide bonds. The van der Waals surface area contributed by atoms with Gasteiger partial charge in [0.15, 0.2) is 0 Å². The number of hydrogen-bond donors (Lipinski definition) is 3. The third-order valence-electron chi connectivity index (χ3n) is 3.32. The molecule has 0 heterocycles. The lowest BCUT2D eigenvalue weighted by atomic mass is 10.0. The van der Waals surface area contributed by atoms with Crippen LogP contribution in [-0.2, 0) is 20.8 Å². The Kier molecular flexibility index (Phi) is 7.22. The molecule has 126 valence electrons. The Morgan fingerprint density at radius 3 is 2.13 bits per heavy atom. The lowest BCUT2D eigenvalue weighted by molar-refractivity contribution is -0.131. The van der Waals surface area contributed by atoms with E-state index in [1.807, 2.05) is 38.1 Å². The number of benzene rings is 1. The van der Waals surface area contributed by atoms with Gasteiger partial charge in [-0.3, -0.25) is 14.4 Å². The van der Waals surface area contributed by atoms with Crippen LogP contribution >= 0.6 is 15.9 Å². The fourth-order valence-corrected chi connectivity index (χ4v) is 2.36. The topological polar surface area (TPSA) is 101 Å². The van der Waals surface area contributed by atoms with E-state index in [2.05, 4.69) is 26.6 Å². The Bertz CT molecular complexity index is 572. The van der Waals surface area contributed by atoms with Crippen LogP contribution in [0.4, 0.5) is 0 Å². The van der Waals surface area contributed by atoms with E-state index in [9.17, 15) is 14.4 Å². The van der Waals surface area contributed by atoms with Crippen molar-refractivity contribution < 1.29 is 14.4 Å². The monoisotopic (exact) mass is 383 g/mol. The van der Waals surface area contributed by atoms with E-state index in [0.717, 1.165) is 10.0 Å². The van der Waals surface area contributed by atoms with Crippen molar-refractivity contribution in [1.29, 1.82) is 0 Å². The summed E-state index contributed by atoms with van der Waals surface area (Å²) in [5.41, 5.74) is 6.26. The van der Waals surface area contributed by atoms with Gasteiger partial charge in [0.1, 0.15) is 12.1 Å². The molecule has 0 saturated heterocycles. The van der Waals surface area contributed by atoms with Gasteiger partial charge < -0.3 is 16.4 Å². The molecule has 1 aromatic rings. The number of rotatable bonds is 7. The first-order valence-corrected chi connectivity index (χ1v) is 8.11. The Labute approximate surface area is 144 Å². The lowest BCUT2D eigenvalue weighted by Gasteiger charge is -2.24. The van der Waals surface area contributed by atoms with E-state index >= 15 is 0 Å². The third-order valence-corrected chi connectivity index (χ3v) is 3.85. The van der Waals surface area contributed by atoms with Gasteiger partial charge in [-0.15, -0.1) is 0 Å². The number of carbonyl (C=O) groups excluding carboxylic acids is 3. The molecule has 7 heteroatoms. The van der Waals surface area contributed by atoms with Gasteiger partial charge in [0.25, 0.3) is 0 Å². The minimum Gasteiger partial charge on any atom is -0.368 e. The average Bonchev–Trinajstić information content (AvgIpc) is 2.45. The minimum absolute atomic E-state index is 0.111. The van der Waals surface area contributed by atoms with Crippen molar-refractivity contribution in [3.63, 3.8) is 0 Å². The molecule has 6 nitrogen and oxygen atoms in total. The lowest BCUT2D eigenvalue weighted by Crippen LogP contribution is -2.55. The number of nitrogens with one attached hydrogen (secondary N) is 2. The van der Waals surface area contributed by atoms with Crippen LogP contribution in [0.15, 0.2) is 28.7 Å². The summed E-state index contributed by atoms with van der Waals surface area (Å²) < 4.78 is 0.923. The highest BCUT2D eigenvalue weighted by Gasteiger charge is 2.27. The minimum atomic E-state index is -0.835. The number of hydrogen-bond acceptors (Lipinski definition) is 3. The summed E-state index contributed by atoms with van der Waals surface area (Å²) in [5.74, 6) is -1.45. The molecule has 0 aromatic heterocycles. The molecule has 0 saturated carbocycles. The van der Waals surface area contributed by atoms with E-state index in [-0.39, 0.29) is 11.8 Å². The van der Waals surface area contributed by atoms with Crippen LogP contribution < -0.4 is 16.4 Å². The second kappa shape index (κ2) is 8.67. The van der Waals surface area contributed by atoms with Gasteiger partial charge in [0.05, 0.1) is 0 Å². The Hall–Kier alpha value is -1.89. The fraction of sp³-hybridized carbons (Fsp3) is 0.438. The molecule has 0 spiro atoms. The van der Waals surface area contributed by atoms with E-state index in [4.69, 9.17) is 5.73 Å². The fourth-order valence-electron chi connectivity index (χ4n) is 2.09. The van der Waals surface area contributed by atoms with Gasteiger partial charge in [-0.25, -0.2) is 0 Å². The number of amides is 3. The van der Waals surface area contributed by atoms with Gasteiger partial charge in [-0.1, -0.05) is 41.9 Å². The summed E-state index contributed by atoms with van der Waals surface area (Å²) in [6.45, 7) is 4.97. The van der Waals surface area contributed by atoms with E-state index in [1.54, 1.807) is 0 Å². The smallest absolute Gasteiger partial charge is 0.243 e. The summed E-state index contributed by atoms with van der Waals surface area (Å²) in [6, 6.07) is 5.85. The summed E-state index contributed by atoms with van der Waals surface area (Å²) in [4.78, 5) is 35.2. The molecule has 23 heavy (non-hydrogen) atoms. The highest BCUT2D eigenvalue weighted by atomic mass is 79.9. The second-order valence-electron chi connectivity index (χ2n) is 5.72. The molecule has 0 radical (unpaired) electrons. The largest absolute Gasteiger partial charge is 0.368 e. The second-order valence-corrected chi connectivity index (χ2v) is 6.63. The molecule has 0 unspecified atom stereocenters. The van der Waals surface area contributed by atoms with Gasteiger partial charge in [0, 0.05) is 17.8 Å². The van der Waals surface area contributed by atoms with Gasteiger partial charge >= 0.3 is 0 Å². The van der Waals surface area contributed by atoms with Gasteiger partial charge in [-0.05, 0) is 23.6 Å². The SMILES string of the molecule is CC(=O)N[C@@H](C(=O)N[C@H](Cc1ccc(Br)cc1)C(N)=O)C(C)C. The normalized spacial score (nSPS) is 13.3. The molecular formula is C16H22BrN3O3. The highest BCUT2D eigenvalue weighted by Crippen LogP contribution is 2.12. The zero-order valence-corrected chi connectivity index (χ0v) is 15.0. The Morgan fingerprint density at radius 1 is 1.13 bits per heavy atom. The van der Waals surface area contributed by atoms with Crippen molar-refractivity contribution >= 4 is 33.7 Å². The molecule has 4 N–H and O–H groups in total. The maximum Gasteiger partial charge on any atom is 0.243 e. The maximum atomic E-state index is 12.3. The van der Waals surface area contributed by atoms with Crippen molar-refractivity contribution in [3.05, 3.63) is 34.3 Å². The zero-order chi connectivity index (χ0) is 17.6. The summed E-state index contributed by atoms with van der Waals surface area (Å²) in [7, 11) is 0. The standard InChI is InChI=1S/C16H22BrN3O3/c1-9(2)14(19-10(3)21)16(23)20-13(15(18)22)8-11-4-6-12(17)7-5-11/h4-7,9,13-14H,8H2,1-3H3,(H2,18,22)(H,19,21)(H,20,23)/t13-,14-/m1/s1. The predicted octanol–water partition coefficient (Wildman–Crippen LogP) is 1.12. The molecule has 0 bridgehead atoms. The first-order valence-electron chi connectivity index (χ1n) is 7.32. The molecule has 0 fully saturated rings. The molecule has 0 aliphatic heterocycles. The predicted molar refractivity (Wildman–Crippen MR) is 91.4 cm³/mol. The molecular weight excluding hydrogens is 362 g/mol. The maximum absolute atomic E-state index is 12.3. The molecule has 0 aliphatic rings. The molecule has 2 atom stereocenters. The third kappa shape index (κ3) is 6.40. The quantitative estimate of drug-likeness (QED) is 0.657. The van der Waals surface area contributed by atoms with Crippen LogP contribution in [0.3, 0.4) is 0 Å². The van der Waals surface area contributed by atoms with Crippen molar-refractivity contribution in [2.45, 2.75) is 39.3 Å². The van der Waals surface area contributed by atoms with Gasteiger partial charge in [0.2, 0.25) is 17.7 Å². The number of primary amides is 1. The van der Waals surface area contributed by atoms with E-state index < -0.39 is 23.9 Å². The van der Waals surface area contributed by atoms with Crippen LogP contribution in [0.1, 0.15) is 26.3 Å². The first-order chi connectivity index (χ1) is 10.7. The van der Waals surface area contributed by atoms with Crippen LogP contribution in [0, 0.1) is 5.92 Å². The number of nitrogens with two attached hydrogens (primary N) is 1. The van der Waals surface area contributed by atoms with Crippen LogP contribution in [-0.4, -0.2) is 29.8 Å². The summed E-state index contributed by atoms with van der Waals surface area (Å²) >= 11 is 3.34. The van der Waals surface area contributed by atoms with Crippen LogP contribution in [0.2, 0.25) is 0 Å². The van der Waals surface area contributed by atoms with Crippen molar-refractivity contribution in [2.75, 3.05) is 0 Å². The average molecular weight is 384 g/mol. The number of carbonyl (C=O) groups is 3. The van der Waals surface area contributed by atoms with Crippen molar-refractivity contribution in [1.82, 2.24) is 10.6 Å². The van der Waals surface area contributed by atoms with Gasteiger partial charge in [-0.2, -0.15) is 0 Å². The molecule has 0 aliphatic carbocycles. The van der Waals surface area contributed by atoms with E-state index in [1.165, 1.54) is 6.92 Å². The highest BCUT2D eigenvalue weighted by molar-refractivity contribution is 9.10. The van der Waals surface area contributed by atoms with Crippen LogP contribution in [0.5, 0.6) is 0 Å². The summed E-state index contributed by atoms with van der Waals surface area (Å²) in [6.07, 6.45) is 0.291. The Balaban J connectivity index is 2.81. The van der Waals surface area contributed by atoms with Crippen molar-refractivity contribution in [3.8, 4) is 0 Å². The Morgan fingerprint density at radius 2 is 1.70 bits per heavy atom. The van der Waals surface area contributed by atoms with Crippen LogP contribution in [0.25, 0.3) is 0 Å². The number of halogens is 1. The molecule has 1 rings (SSSR count). The molecule has 1 aromatic carbocycles. The first kappa shape index (κ1) is 19.2.